The highest BCUT2D eigenvalue weighted by molar-refractivity contribution is 6.38. The number of hydrogen-bond donors (Lipinski definition) is 4. The average molecular weight is 736 g/mol. The highest BCUT2D eigenvalue weighted by Crippen LogP contribution is 2.40. The first-order valence-electron chi connectivity index (χ1n) is 19.3. The normalized spacial score (nSPS) is 24.5. The molecule has 1 aromatic carbocycles. The van der Waals surface area contributed by atoms with Crippen molar-refractivity contribution in [2.24, 2.45) is 17.3 Å². The van der Waals surface area contributed by atoms with Crippen LogP contribution in [0, 0.1) is 31.1 Å². The van der Waals surface area contributed by atoms with Gasteiger partial charge >= 0.3 is 0 Å². The molecule has 1 spiro atoms. The van der Waals surface area contributed by atoms with E-state index in [0.29, 0.717) is 25.3 Å². The van der Waals surface area contributed by atoms with E-state index < -0.39 is 52.6 Å². The van der Waals surface area contributed by atoms with Gasteiger partial charge in [0.15, 0.2) is 0 Å². The number of likely N-dealkylation sites (tertiary alicyclic amines) is 1. The van der Waals surface area contributed by atoms with Crippen molar-refractivity contribution in [1.29, 1.82) is 0 Å². The summed E-state index contributed by atoms with van der Waals surface area (Å²) in [6.07, 6.45) is 8.79. The Labute approximate surface area is 312 Å². The number of carbonyl (C=O) groups is 5. The Morgan fingerprint density at radius 2 is 1.66 bits per heavy atom. The molecule has 0 radical (unpaired) electrons. The topological polar surface area (TPSA) is 164 Å². The standard InChI is InChI=1S/C40H57N5O8/c1-23-16-27(17-24(2)34(23)51-6)30-20-40(53-44-30)21-31(36(48)42-29(18-25-8-7-9-25)33(47)37(49)41-28-10-11-28)45(22-40)38(50)35(39(3,4)5)43-32(46)19-26-12-14-52-15-13-26/h16-17,20,25-26,28-29,31,35,44H,7-15,18-19,21-22H2,1-6H3,(H,41,49)(H,42,48)(H,43,46)/t29?,31-,35+,40+/m0/s1. The maximum atomic E-state index is 14.7. The summed E-state index contributed by atoms with van der Waals surface area (Å²) in [7, 11) is 1.64. The van der Waals surface area contributed by atoms with Crippen LogP contribution in [0.3, 0.4) is 0 Å². The van der Waals surface area contributed by atoms with E-state index in [1.54, 1.807) is 7.11 Å². The lowest BCUT2D eigenvalue weighted by atomic mass is 9.80. The molecule has 3 heterocycles. The van der Waals surface area contributed by atoms with Gasteiger partial charge in [-0.2, -0.15) is 0 Å². The minimum Gasteiger partial charge on any atom is -0.496 e. The molecule has 0 bridgehead atoms. The van der Waals surface area contributed by atoms with Crippen molar-refractivity contribution in [3.8, 4) is 5.75 Å². The Morgan fingerprint density at radius 3 is 2.25 bits per heavy atom. The fourth-order valence-electron chi connectivity index (χ4n) is 8.04. The predicted octanol–water partition coefficient (Wildman–Crippen LogP) is 3.40. The van der Waals surface area contributed by atoms with Gasteiger partial charge in [0.2, 0.25) is 23.5 Å². The molecule has 13 heteroatoms. The van der Waals surface area contributed by atoms with Crippen molar-refractivity contribution < 1.29 is 38.3 Å². The minimum atomic E-state index is -1.08. The number of carbonyl (C=O) groups excluding carboxylic acids is 5. The van der Waals surface area contributed by atoms with Crippen LogP contribution in [0.25, 0.3) is 5.70 Å². The number of ether oxygens (including phenoxy) is 2. The van der Waals surface area contributed by atoms with E-state index in [9.17, 15) is 24.0 Å². The molecule has 2 saturated carbocycles. The summed E-state index contributed by atoms with van der Waals surface area (Å²) < 4.78 is 11.0. The average Bonchev–Trinajstić information content (AvgIpc) is 3.68. The Bertz CT molecular complexity index is 1600. The summed E-state index contributed by atoms with van der Waals surface area (Å²) in [5, 5.41) is 8.71. The number of aryl methyl sites for hydroxylation is 2. The van der Waals surface area contributed by atoms with Gasteiger partial charge in [0.1, 0.15) is 23.4 Å². The zero-order chi connectivity index (χ0) is 38.1. The van der Waals surface area contributed by atoms with E-state index in [1.807, 2.05) is 52.8 Å². The predicted molar refractivity (Wildman–Crippen MR) is 197 cm³/mol. The molecule has 4 amide bonds. The van der Waals surface area contributed by atoms with Crippen molar-refractivity contribution in [3.05, 3.63) is 34.9 Å². The first-order valence-corrected chi connectivity index (χ1v) is 19.3. The van der Waals surface area contributed by atoms with Crippen molar-refractivity contribution >= 4 is 35.1 Å². The second kappa shape index (κ2) is 15.8. The third-order valence-corrected chi connectivity index (χ3v) is 11.5. The number of nitrogens with zero attached hydrogens (tertiary/aromatic N) is 1. The van der Waals surface area contributed by atoms with Gasteiger partial charge in [0.05, 0.1) is 25.4 Å². The van der Waals surface area contributed by atoms with Crippen LogP contribution in [0.15, 0.2) is 18.2 Å². The van der Waals surface area contributed by atoms with E-state index >= 15 is 0 Å². The molecule has 13 nitrogen and oxygen atoms in total. The van der Waals surface area contributed by atoms with E-state index in [2.05, 4.69) is 21.4 Å². The molecule has 1 aromatic rings. The molecule has 6 rings (SSSR count). The number of ketones is 1. The number of hydroxylamine groups is 1. The summed E-state index contributed by atoms with van der Waals surface area (Å²) in [5.74, 6) is -1.33. The number of nitrogens with one attached hydrogen (secondary N) is 4. The van der Waals surface area contributed by atoms with Gasteiger partial charge in [-0.15, -0.1) is 0 Å². The first kappa shape index (κ1) is 38.7. The lowest BCUT2D eigenvalue weighted by molar-refractivity contribution is -0.145. The lowest BCUT2D eigenvalue weighted by Crippen LogP contribution is -2.59. The first-order chi connectivity index (χ1) is 25.2. The molecule has 53 heavy (non-hydrogen) atoms. The van der Waals surface area contributed by atoms with Gasteiger partial charge in [0.25, 0.3) is 5.91 Å². The number of methoxy groups -OCH3 is 1. The van der Waals surface area contributed by atoms with E-state index in [4.69, 9.17) is 14.3 Å². The Balaban J connectivity index is 1.28. The van der Waals surface area contributed by atoms with Gasteiger partial charge in [-0.25, -0.2) is 0 Å². The minimum absolute atomic E-state index is 0.00317. The summed E-state index contributed by atoms with van der Waals surface area (Å²) in [4.78, 5) is 76.8. The number of amides is 4. The summed E-state index contributed by atoms with van der Waals surface area (Å²) in [6, 6.07) is 0.971. The summed E-state index contributed by atoms with van der Waals surface area (Å²) in [6.45, 7) is 10.8. The van der Waals surface area contributed by atoms with Gasteiger partial charge in [-0.3, -0.25) is 34.3 Å². The second-order valence-corrected chi connectivity index (χ2v) is 17.0. The monoisotopic (exact) mass is 735 g/mol. The zero-order valence-corrected chi connectivity index (χ0v) is 32.1. The van der Waals surface area contributed by atoms with E-state index in [-0.39, 0.29) is 43.2 Å². The molecule has 4 N–H and O–H groups in total. The van der Waals surface area contributed by atoms with Crippen LogP contribution in [0.1, 0.15) is 102 Å². The molecule has 4 atom stereocenters. The Hall–Kier alpha value is -3.97. The van der Waals surface area contributed by atoms with Crippen LogP contribution in [0.4, 0.5) is 0 Å². The Kier molecular flexibility index (Phi) is 11.5. The Morgan fingerprint density at radius 1 is 0.981 bits per heavy atom. The second-order valence-electron chi connectivity index (χ2n) is 17.0. The molecule has 2 saturated heterocycles. The third kappa shape index (κ3) is 9.05. The molecule has 4 fully saturated rings. The van der Waals surface area contributed by atoms with E-state index in [0.717, 1.165) is 67.4 Å². The maximum Gasteiger partial charge on any atom is 0.289 e. The summed E-state index contributed by atoms with van der Waals surface area (Å²) >= 11 is 0. The quantitative estimate of drug-likeness (QED) is 0.223. The number of hydrogen-bond acceptors (Lipinski definition) is 9. The van der Waals surface area contributed by atoms with Crippen molar-refractivity contribution in [3.63, 3.8) is 0 Å². The molecule has 2 aliphatic carbocycles. The van der Waals surface area contributed by atoms with Crippen LogP contribution in [0.5, 0.6) is 5.75 Å². The van der Waals surface area contributed by atoms with Crippen LogP contribution < -0.4 is 26.2 Å². The molecule has 1 unspecified atom stereocenters. The van der Waals surface area contributed by atoms with Crippen LogP contribution in [0.2, 0.25) is 0 Å². The highest BCUT2D eigenvalue weighted by Gasteiger charge is 2.54. The molecule has 5 aliphatic rings. The molecule has 0 aromatic heterocycles. The molecule has 290 valence electrons. The van der Waals surface area contributed by atoms with Crippen LogP contribution in [-0.2, 0) is 33.5 Å². The van der Waals surface area contributed by atoms with Crippen LogP contribution in [-0.4, -0.2) is 90.9 Å². The lowest BCUT2D eigenvalue weighted by Gasteiger charge is -2.36. The maximum absolute atomic E-state index is 14.7. The van der Waals surface area contributed by atoms with E-state index in [1.165, 1.54) is 4.90 Å². The highest BCUT2D eigenvalue weighted by atomic mass is 16.7. The fraction of sp³-hybridized carbons (Fsp3) is 0.675. The van der Waals surface area contributed by atoms with Crippen LogP contribution >= 0.6 is 0 Å². The van der Waals surface area contributed by atoms with Gasteiger partial charge in [0, 0.05) is 37.7 Å². The number of rotatable bonds is 13. The number of Topliss-reactive ketones (excluding diaryl/α,β-unsaturated/α-hetero) is 1. The number of benzene rings is 1. The van der Waals surface area contributed by atoms with Gasteiger partial charge in [-0.1, -0.05) is 40.0 Å². The molecular weight excluding hydrogens is 678 g/mol. The van der Waals surface area contributed by atoms with Crippen molar-refractivity contribution in [1.82, 2.24) is 26.3 Å². The molecular formula is C40H57N5O8. The fourth-order valence-corrected chi connectivity index (χ4v) is 8.04. The third-order valence-electron chi connectivity index (χ3n) is 11.5. The van der Waals surface area contributed by atoms with Gasteiger partial charge in [-0.05, 0) is 92.5 Å². The van der Waals surface area contributed by atoms with Crippen molar-refractivity contribution in [2.45, 2.75) is 129 Å². The van der Waals surface area contributed by atoms with Crippen molar-refractivity contribution in [2.75, 3.05) is 26.9 Å². The SMILES string of the molecule is COc1c(C)cc(C2=C[C@]3(C[C@@H](C(=O)NC(CC4CCC4)C(=O)C(=O)NC4CC4)N(C(=O)[C@@H](NC(=O)CC4CCOCC4)C(C)(C)C)C3)ON2)cc1C. The summed E-state index contributed by atoms with van der Waals surface area (Å²) in [5.41, 5.74) is 4.73. The largest absolute Gasteiger partial charge is 0.496 e. The molecule has 3 aliphatic heterocycles. The zero-order valence-electron chi connectivity index (χ0n) is 32.1. The van der Waals surface area contributed by atoms with Gasteiger partial charge < -0.3 is 30.3 Å². The smallest absolute Gasteiger partial charge is 0.289 e.